The Morgan fingerprint density at radius 2 is 1.69 bits per heavy atom. The molecular formula is C13H10N2O. The van der Waals surface area contributed by atoms with Crippen LogP contribution < -0.4 is 5.56 Å². The molecule has 3 nitrogen and oxygen atoms in total. The SMILES string of the molecule is O=c1[nH]cc2cc[nH]c(-c3ccccc3)c1-2. The molecule has 0 atom stereocenters. The van der Waals surface area contributed by atoms with Crippen LogP contribution in [-0.4, -0.2) is 9.97 Å². The first-order valence-corrected chi connectivity index (χ1v) is 5.10. The van der Waals surface area contributed by atoms with Crippen LogP contribution in [-0.2, 0) is 0 Å². The van der Waals surface area contributed by atoms with E-state index < -0.39 is 0 Å². The lowest BCUT2D eigenvalue weighted by atomic mass is 10.0. The van der Waals surface area contributed by atoms with E-state index in [1.165, 1.54) is 0 Å². The summed E-state index contributed by atoms with van der Waals surface area (Å²) in [6.07, 6.45) is 3.58. The molecule has 0 saturated heterocycles. The van der Waals surface area contributed by atoms with E-state index in [9.17, 15) is 4.79 Å². The summed E-state index contributed by atoms with van der Waals surface area (Å²) in [6, 6.07) is 11.7. The summed E-state index contributed by atoms with van der Waals surface area (Å²) in [5.74, 6) is 0. The van der Waals surface area contributed by atoms with Crippen LogP contribution in [0.15, 0.2) is 53.6 Å². The van der Waals surface area contributed by atoms with Crippen LogP contribution in [0.5, 0.6) is 0 Å². The molecule has 78 valence electrons. The number of fused-ring (bicyclic) bond motifs is 1. The van der Waals surface area contributed by atoms with E-state index >= 15 is 0 Å². The van der Waals surface area contributed by atoms with Crippen molar-refractivity contribution in [2.24, 2.45) is 0 Å². The minimum Gasteiger partial charge on any atom is -0.361 e. The zero-order valence-electron chi connectivity index (χ0n) is 8.53. The summed E-state index contributed by atoms with van der Waals surface area (Å²) in [5, 5.41) is 0. The Morgan fingerprint density at radius 1 is 0.875 bits per heavy atom. The van der Waals surface area contributed by atoms with Crippen molar-refractivity contribution in [1.82, 2.24) is 9.97 Å². The van der Waals surface area contributed by atoms with Crippen LogP contribution in [0.3, 0.4) is 0 Å². The summed E-state index contributed by atoms with van der Waals surface area (Å²) in [7, 11) is 0. The second-order valence-electron chi connectivity index (χ2n) is 3.67. The topological polar surface area (TPSA) is 48.6 Å². The molecule has 2 N–H and O–H groups in total. The monoisotopic (exact) mass is 210 g/mol. The van der Waals surface area contributed by atoms with Gasteiger partial charge in [-0.15, -0.1) is 0 Å². The molecule has 0 unspecified atom stereocenters. The van der Waals surface area contributed by atoms with Gasteiger partial charge in [0, 0.05) is 18.0 Å². The lowest BCUT2D eigenvalue weighted by molar-refractivity contribution is 1.30. The summed E-state index contributed by atoms with van der Waals surface area (Å²) in [5.41, 5.74) is 3.48. The normalized spacial score (nSPS) is 10.8. The fourth-order valence-corrected chi connectivity index (χ4v) is 1.93. The predicted octanol–water partition coefficient (Wildman–Crippen LogP) is 2.47. The van der Waals surface area contributed by atoms with Crippen molar-refractivity contribution in [2.75, 3.05) is 0 Å². The first-order chi connectivity index (χ1) is 7.86. The second kappa shape index (κ2) is 3.38. The number of rotatable bonds is 1. The van der Waals surface area contributed by atoms with Gasteiger partial charge in [0.05, 0.1) is 11.3 Å². The minimum atomic E-state index is -0.0503. The third-order valence-electron chi connectivity index (χ3n) is 2.68. The molecule has 0 radical (unpaired) electrons. The van der Waals surface area contributed by atoms with Crippen LogP contribution in [0.4, 0.5) is 0 Å². The standard InChI is InChI=1S/C13H10N2O/c16-13-11-10(8-15-13)6-7-14-12(11)9-4-2-1-3-5-9/h1-8,14H,(H,15,16). The Morgan fingerprint density at radius 3 is 2.50 bits per heavy atom. The van der Waals surface area contributed by atoms with Gasteiger partial charge in [-0.2, -0.15) is 0 Å². The summed E-state index contributed by atoms with van der Waals surface area (Å²) in [6.45, 7) is 0. The van der Waals surface area contributed by atoms with Crippen molar-refractivity contribution in [3.63, 3.8) is 0 Å². The third-order valence-corrected chi connectivity index (χ3v) is 2.68. The Kier molecular flexibility index (Phi) is 1.90. The van der Waals surface area contributed by atoms with Gasteiger partial charge in [0.25, 0.3) is 5.56 Å². The van der Waals surface area contributed by atoms with Crippen LogP contribution in [0, 0.1) is 0 Å². The van der Waals surface area contributed by atoms with Gasteiger partial charge in [0.2, 0.25) is 0 Å². The Bertz CT molecular complexity index is 637. The molecule has 1 aromatic carbocycles. The molecule has 0 spiro atoms. The largest absolute Gasteiger partial charge is 0.361 e. The average Bonchev–Trinajstić information content (AvgIpc) is 2.73. The van der Waals surface area contributed by atoms with E-state index in [1.54, 1.807) is 6.20 Å². The molecule has 16 heavy (non-hydrogen) atoms. The van der Waals surface area contributed by atoms with Crippen LogP contribution in [0.25, 0.3) is 22.4 Å². The Labute approximate surface area is 92.1 Å². The number of benzene rings is 1. The number of hydrogen-bond acceptors (Lipinski definition) is 1. The second-order valence-corrected chi connectivity index (χ2v) is 3.67. The molecule has 0 saturated carbocycles. The smallest absolute Gasteiger partial charge is 0.258 e. The highest BCUT2D eigenvalue weighted by Gasteiger charge is 2.13. The van der Waals surface area contributed by atoms with Crippen molar-refractivity contribution in [3.05, 3.63) is 59.1 Å². The number of nitrogens with one attached hydrogen (secondary N) is 2. The van der Waals surface area contributed by atoms with Crippen LogP contribution in [0.1, 0.15) is 0 Å². The molecule has 2 heterocycles. The quantitative estimate of drug-likeness (QED) is 0.637. The van der Waals surface area contributed by atoms with Crippen LogP contribution >= 0.6 is 0 Å². The zero-order valence-corrected chi connectivity index (χ0v) is 8.53. The first-order valence-electron chi connectivity index (χ1n) is 5.10. The van der Waals surface area contributed by atoms with E-state index in [-0.39, 0.29) is 5.56 Å². The third kappa shape index (κ3) is 1.26. The van der Waals surface area contributed by atoms with Crippen LogP contribution in [0.2, 0.25) is 0 Å². The summed E-state index contributed by atoms with van der Waals surface area (Å²) >= 11 is 0. The predicted molar refractivity (Wildman–Crippen MR) is 63.5 cm³/mol. The van der Waals surface area contributed by atoms with Gasteiger partial charge < -0.3 is 9.97 Å². The first kappa shape index (κ1) is 8.97. The Balaban J connectivity index is 2.33. The lowest BCUT2D eigenvalue weighted by Gasteiger charge is -2.06. The van der Waals surface area contributed by atoms with E-state index in [2.05, 4.69) is 9.97 Å². The van der Waals surface area contributed by atoms with Gasteiger partial charge in [-0.25, -0.2) is 0 Å². The molecule has 1 aromatic rings. The highest BCUT2D eigenvalue weighted by molar-refractivity contribution is 5.80. The average molecular weight is 210 g/mol. The molecule has 0 aromatic heterocycles. The van der Waals surface area contributed by atoms with E-state index in [4.69, 9.17) is 0 Å². The Hall–Kier alpha value is -2.29. The van der Waals surface area contributed by atoms with Crippen molar-refractivity contribution in [2.45, 2.75) is 0 Å². The number of hydrogen-bond donors (Lipinski definition) is 2. The van der Waals surface area contributed by atoms with Gasteiger partial charge in [-0.1, -0.05) is 30.3 Å². The number of aromatic nitrogens is 2. The summed E-state index contributed by atoms with van der Waals surface area (Å²) in [4.78, 5) is 17.5. The fourth-order valence-electron chi connectivity index (χ4n) is 1.93. The minimum absolute atomic E-state index is 0.0503. The molecule has 0 bridgehead atoms. The van der Waals surface area contributed by atoms with E-state index in [1.807, 2.05) is 42.6 Å². The maximum Gasteiger partial charge on any atom is 0.258 e. The van der Waals surface area contributed by atoms with E-state index in [0.29, 0.717) is 5.56 Å². The number of pyridine rings is 1. The number of H-pyrrole nitrogens is 2. The van der Waals surface area contributed by atoms with Crippen molar-refractivity contribution < 1.29 is 0 Å². The maximum atomic E-state index is 11.7. The van der Waals surface area contributed by atoms with Crippen molar-refractivity contribution >= 4 is 0 Å². The van der Waals surface area contributed by atoms with E-state index in [0.717, 1.165) is 16.8 Å². The maximum absolute atomic E-state index is 11.7. The van der Waals surface area contributed by atoms with Crippen molar-refractivity contribution in [3.8, 4) is 22.4 Å². The molecule has 3 heteroatoms. The van der Waals surface area contributed by atoms with Gasteiger partial charge >= 0.3 is 0 Å². The van der Waals surface area contributed by atoms with Gasteiger partial charge in [0.1, 0.15) is 0 Å². The molecule has 0 amide bonds. The fraction of sp³-hybridized carbons (Fsp3) is 0. The lowest BCUT2D eigenvalue weighted by Crippen LogP contribution is -2.03. The highest BCUT2D eigenvalue weighted by atomic mass is 16.1. The molecule has 0 fully saturated rings. The molecular weight excluding hydrogens is 200 g/mol. The van der Waals surface area contributed by atoms with Gasteiger partial charge in [-0.3, -0.25) is 4.79 Å². The zero-order chi connectivity index (χ0) is 11.0. The molecule has 2 aliphatic heterocycles. The van der Waals surface area contributed by atoms with Gasteiger partial charge in [0.15, 0.2) is 0 Å². The molecule has 2 aliphatic rings. The van der Waals surface area contributed by atoms with Crippen molar-refractivity contribution in [1.29, 1.82) is 0 Å². The molecule has 0 aliphatic carbocycles. The van der Waals surface area contributed by atoms with Gasteiger partial charge in [-0.05, 0) is 11.6 Å². The molecule has 3 rings (SSSR count). The number of aromatic amines is 2. The highest BCUT2D eigenvalue weighted by Crippen LogP contribution is 2.27. The summed E-state index contributed by atoms with van der Waals surface area (Å²) < 4.78 is 0.